The molecule has 0 spiro atoms. The number of aryl methyl sites for hydroxylation is 1. The van der Waals surface area contributed by atoms with Crippen molar-refractivity contribution in [1.82, 2.24) is 9.97 Å². The molecule has 0 unspecified atom stereocenters. The van der Waals surface area contributed by atoms with E-state index in [0.717, 1.165) is 12.0 Å². The van der Waals surface area contributed by atoms with Crippen LogP contribution in [0.25, 0.3) is 0 Å². The van der Waals surface area contributed by atoms with Crippen molar-refractivity contribution in [3.63, 3.8) is 0 Å². The minimum Gasteiger partial charge on any atom is -0.481 e. The lowest BCUT2D eigenvalue weighted by Crippen LogP contribution is -2.56. The van der Waals surface area contributed by atoms with Crippen molar-refractivity contribution in [2.24, 2.45) is 5.41 Å². The van der Waals surface area contributed by atoms with Crippen LogP contribution >= 0.6 is 0 Å². The number of nitrogens with one attached hydrogen (secondary N) is 1. The highest BCUT2D eigenvalue weighted by Gasteiger charge is 2.49. The molecule has 0 radical (unpaired) electrons. The Balaban J connectivity index is 1.73. The Labute approximate surface area is 170 Å². The quantitative estimate of drug-likeness (QED) is 0.501. The van der Waals surface area contributed by atoms with Crippen molar-refractivity contribution in [2.75, 3.05) is 36.5 Å². The maximum absolute atomic E-state index is 12.3. The molecule has 29 heavy (non-hydrogen) atoms. The number of aliphatic hydroxyl groups excluding tert-OH is 2. The summed E-state index contributed by atoms with van der Waals surface area (Å²) in [5.41, 5.74) is -0.0815. The molecule has 1 aromatic carbocycles. The lowest BCUT2D eigenvalue weighted by atomic mass is 9.73. The number of rotatable bonds is 9. The zero-order chi connectivity index (χ0) is 20.7. The van der Waals surface area contributed by atoms with E-state index in [9.17, 15) is 15.0 Å². The second kappa shape index (κ2) is 9.67. The van der Waals surface area contributed by atoms with Gasteiger partial charge in [-0.05, 0) is 31.2 Å². The molecular weight excluding hydrogens is 372 g/mol. The van der Waals surface area contributed by atoms with Gasteiger partial charge in [0.1, 0.15) is 23.4 Å². The Morgan fingerprint density at radius 2 is 2.07 bits per heavy atom. The minimum atomic E-state index is -1.24. The lowest BCUT2D eigenvalue weighted by molar-refractivity contribution is -0.158. The van der Waals surface area contributed by atoms with Gasteiger partial charge in [0.25, 0.3) is 0 Å². The normalized spacial score (nSPS) is 21.7. The standard InChI is InChI=1S/C21H28N4O4/c26-12-10-22-18-13-19(24-15-23-18)25-11-8-17(27)21(14-25,20(28)29)9-4-7-16-5-2-1-3-6-16/h1-3,5-6,13,15,17,26-27H,4,7-12,14H2,(H,28,29)(H,22,23,24)/t17-,21-/m1/s1. The smallest absolute Gasteiger partial charge is 0.314 e. The van der Waals surface area contributed by atoms with Crippen LogP contribution in [0.1, 0.15) is 24.8 Å². The number of hydrogen-bond acceptors (Lipinski definition) is 7. The van der Waals surface area contributed by atoms with Crippen LogP contribution in [-0.2, 0) is 11.2 Å². The highest BCUT2D eigenvalue weighted by molar-refractivity contribution is 5.77. The maximum atomic E-state index is 12.3. The summed E-state index contributed by atoms with van der Waals surface area (Å²) in [5, 5.41) is 32.6. The van der Waals surface area contributed by atoms with E-state index in [1.54, 1.807) is 6.07 Å². The molecule has 8 nitrogen and oxygen atoms in total. The molecule has 1 saturated heterocycles. The SMILES string of the molecule is O=C(O)[C@]1(CCCc2ccccc2)CN(c2cc(NCCO)ncn2)CC[C@H]1O. The summed E-state index contributed by atoms with van der Waals surface area (Å²) in [6.07, 6.45) is 2.70. The van der Waals surface area contributed by atoms with Crippen molar-refractivity contribution in [3.05, 3.63) is 48.3 Å². The molecule has 2 heterocycles. The van der Waals surface area contributed by atoms with Crippen LogP contribution in [-0.4, -0.2) is 63.6 Å². The van der Waals surface area contributed by atoms with Crippen LogP contribution in [0.4, 0.5) is 11.6 Å². The van der Waals surface area contributed by atoms with E-state index in [1.807, 2.05) is 35.2 Å². The van der Waals surface area contributed by atoms with Crippen LogP contribution in [0.15, 0.2) is 42.7 Å². The molecule has 4 N–H and O–H groups in total. The minimum absolute atomic E-state index is 0.0151. The highest BCUT2D eigenvalue weighted by Crippen LogP contribution is 2.37. The van der Waals surface area contributed by atoms with Crippen LogP contribution < -0.4 is 10.2 Å². The molecule has 1 aromatic heterocycles. The molecule has 1 fully saturated rings. The fraction of sp³-hybridized carbons (Fsp3) is 0.476. The summed E-state index contributed by atoms with van der Waals surface area (Å²) in [6.45, 7) is 1.06. The van der Waals surface area contributed by atoms with Gasteiger partial charge >= 0.3 is 5.97 Å². The second-order valence-electron chi connectivity index (χ2n) is 7.44. The first-order valence-electron chi connectivity index (χ1n) is 9.92. The average molecular weight is 400 g/mol. The fourth-order valence-electron chi connectivity index (χ4n) is 3.89. The summed E-state index contributed by atoms with van der Waals surface area (Å²) < 4.78 is 0. The number of aromatic nitrogens is 2. The van der Waals surface area contributed by atoms with Crippen molar-refractivity contribution in [3.8, 4) is 0 Å². The molecule has 1 aliphatic heterocycles. The largest absolute Gasteiger partial charge is 0.481 e. The van der Waals surface area contributed by atoms with Crippen LogP contribution in [0.5, 0.6) is 0 Å². The number of carbonyl (C=O) groups is 1. The van der Waals surface area contributed by atoms with Gasteiger partial charge in [-0.15, -0.1) is 0 Å². The van der Waals surface area contributed by atoms with E-state index in [2.05, 4.69) is 15.3 Å². The van der Waals surface area contributed by atoms with E-state index in [0.29, 0.717) is 44.0 Å². The van der Waals surface area contributed by atoms with Crippen molar-refractivity contribution in [1.29, 1.82) is 0 Å². The first-order valence-corrected chi connectivity index (χ1v) is 9.92. The number of benzene rings is 1. The van der Waals surface area contributed by atoms with Crippen LogP contribution in [0, 0.1) is 5.41 Å². The zero-order valence-electron chi connectivity index (χ0n) is 16.4. The second-order valence-corrected chi connectivity index (χ2v) is 7.44. The Kier molecular flexibility index (Phi) is 7.00. The van der Waals surface area contributed by atoms with Crippen molar-refractivity contribution < 1.29 is 20.1 Å². The lowest BCUT2D eigenvalue weighted by Gasteiger charge is -2.44. The molecule has 0 aliphatic carbocycles. The van der Waals surface area contributed by atoms with Gasteiger partial charge in [-0.1, -0.05) is 30.3 Å². The molecule has 2 aromatic rings. The summed E-state index contributed by atoms with van der Waals surface area (Å²) in [5.74, 6) is 0.205. The number of aliphatic hydroxyl groups is 2. The molecule has 2 atom stereocenters. The van der Waals surface area contributed by atoms with E-state index < -0.39 is 17.5 Å². The number of nitrogens with zero attached hydrogens (tertiary/aromatic N) is 3. The third kappa shape index (κ3) is 5.02. The third-order valence-corrected chi connectivity index (χ3v) is 5.53. The molecule has 0 amide bonds. The number of carboxylic acids is 1. The summed E-state index contributed by atoms with van der Waals surface area (Å²) in [4.78, 5) is 22.6. The molecule has 1 aliphatic rings. The summed E-state index contributed by atoms with van der Waals surface area (Å²) in [6, 6.07) is 11.7. The van der Waals surface area contributed by atoms with Gasteiger partial charge in [0, 0.05) is 25.7 Å². The van der Waals surface area contributed by atoms with E-state index in [1.165, 1.54) is 6.33 Å². The van der Waals surface area contributed by atoms with Gasteiger partial charge < -0.3 is 25.5 Å². The van der Waals surface area contributed by atoms with E-state index >= 15 is 0 Å². The zero-order valence-corrected chi connectivity index (χ0v) is 16.4. The molecule has 8 heteroatoms. The average Bonchev–Trinajstić information content (AvgIpc) is 2.74. The molecule has 156 valence electrons. The van der Waals surface area contributed by atoms with E-state index in [-0.39, 0.29) is 13.2 Å². The first kappa shape index (κ1) is 21.0. The monoisotopic (exact) mass is 400 g/mol. The number of piperidine rings is 1. The Hall–Kier alpha value is -2.71. The van der Waals surface area contributed by atoms with Gasteiger partial charge in [0.15, 0.2) is 0 Å². The first-order chi connectivity index (χ1) is 14.0. The van der Waals surface area contributed by atoms with E-state index in [4.69, 9.17) is 5.11 Å². The Morgan fingerprint density at radius 1 is 1.28 bits per heavy atom. The number of aliphatic carboxylic acids is 1. The van der Waals surface area contributed by atoms with Crippen LogP contribution in [0.3, 0.4) is 0 Å². The Bertz CT molecular complexity index is 804. The van der Waals surface area contributed by atoms with Gasteiger partial charge in [0.05, 0.1) is 12.7 Å². The maximum Gasteiger partial charge on any atom is 0.314 e. The fourth-order valence-corrected chi connectivity index (χ4v) is 3.89. The van der Waals surface area contributed by atoms with Gasteiger partial charge in [-0.25, -0.2) is 9.97 Å². The number of hydrogen-bond donors (Lipinski definition) is 4. The van der Waals surface area contributed by atoms with Gasteiger partial charge in [-0.3, -0.25) is 4.79 Å². The predicted molar refractivity (Wildman–Crippen MR) is 110 cm³/mol. The summed E-state index contributed by atoms with van der Waals surface area (Å²) >= 11 is 0. The predicted octanol–water partition coefficient (Wildman–Crippen LogP) is 1.55. The highest BCUT2D eigenvalue weighted by atomic mass is 16.4. The number of anilines is 2. The molecular formula is C21H28N4O4. The van der Waals surface area contributed by atoms with Gasteiger partial charge in [0.2, 0.25) is 0 Å². The molecule has 0 saturated carbocycles. The van der Waals surface area contributed by atoms with Crippen LogP contribution in [0.2, 0.25) is 0 Å². The Morgan fingerprint density at radius 3 is 2.79 bits per heavy atom. The third-order valence-electron chi connectivity index (χ3n) is 5.53. The van der Waals surface area contributed by atoms with Crippen molar-refractivity contribution in [2.45, 2.75) is 31.8 Å². The van der Waals surface area contributed by atoms with Crippen molar-refractivity contribution >= 4 is 17.6 Å². The topological polar surface area (TPSA) is 119 Å². The summed E-state index contributed by atoms with van der Waals surface area (Å²) in [7, 11) is 0. The molecule has 0 bridgehead atoms. The molecule has 3 rings (SSSR count). The number of carboxylic acid groups (broad SMARTS) is 1. The van der Waals surface area contributed by atoms with Gasteiger partial charge in [-0.2, -0.15) is 0 Å².